The summed E-state index contributed by atoms with van der Waals surface area (Å²) in [6.45, 7) is -0.243. The van der Waals surface area contributed by atoms with Gasteiger partial charge >= 0.3 is 6.18 Å². The van der Waals surface area contributed by atoms with Crippen molar-refractivity contribution in [3.63, 3.8) is 0 Å². The molecular formula is C5H7F3O. The number of halogens is 3. The third kappa shape index (κ3) is 7.49. The Bertz CT molecular complexity index is 94.9. The molecule has 0 fully saturated rings. The van der Waals surface area contributed by atoms with Gasteiger partial charge in [-0.25, -0.2) is 0 Å². The largest absolute Gasteiger partial charge is 0.409 e. The molecule has 0 atom stereocenters. The van der Waals surface area contributed by atoms with Crippen molar-refractivity contribution < 1.29 is 18.3 Å². The van der Waals surface area contributed by atoms with E-state index in [1.807, 2.05) is 0 Å². The minimum Gasteiger partial charge on any atom is -0.396 e. The van der Waals surface area contributed by atoms with E-state index in [4.69, 9.17) is 5.11 Å². The summed E-state index contributed by atoms with van der Waals surface area (Å²) in [4.78, 5) is 0. The van der Waals surface area contributed by atoms with E-state index in [2.05, 4.69) is 0 Å². The van der Waals surface area contributed by atoms with Crippen LogP contribution in [0.15, 0.2) is 12.2 Å². The zero-order valence-electron chi connectivity index (χ0n) is 4.65. The van der Waals surface area contributed by atoms with Crippen molar-refractivity contribution in [3.05, 3.63) is 12.2 Å². The number of hydrogen-bond acceptors (Lipinski definition) is 1. The van der Waals surface area contributed by atoms with E-state index >= 15 is 0 Å². The van der Waals surface area contributed by atoms with Crippen molar-refractivity contribution in [1.29, 1.82) is 0 Å². The normalized spacial score (nSPS) is 12.9. The second-order valence-electron chi connectivity index (χ2n) is 1.46. The smallest absolute Gasteiger partial charge is 0.396 e. The van der Waals surface area contributed by atoms with E-state index in [1.165, 1.54) is 0 Å². The van der Waals surface area contributed by atoms with Crippen LogP contribution in [0.25, 0.3) is 0 Å². The van der Waals surface area contributed by atoms with E-state index in [0.717, 1.165) is 6.08 Å². The van der Waals surface area contributed by atoms with Gasteiger partial charge in [-0.3, -0.25) is 0 Å². The summed E-state index contributed by atoms with van der Waals surface area (Å²) in [7, 11) is 0. The number of aliphatic hydroxyl groups is 1. The van der Waals surface area contributed by atoms with Gasteiger partial charge in [0.05, 0.1) is 0 Å². The molecule has 0 aliphatic carbocycles. The highest BCUT2D eigenvalue weighted by atomic mass is 19.4. The van der Waals surface area contributed by atoms with Gasteiger partial charge < -0.3 is 5.11 Å². The maximum atomic E-state index is 11.2. The molecule has 0 aliphatic heterocycles. The van der Waals surface area contributed by atoms with Gasteiger partial charge in [0, 0.05) is 12.7 Å². The van der Waals surface area contributed by atoms with Gasteiger partial charge in [0.15, 0.2) is 0 Å². The van der Waals surface area contributed by atoms with E-state index in [0.29, 0.717) is 0 Å². The van der Waals surface area contributed by atoms with Crippen LogP contribution in [0.3, 0.4) is 0 Å². The molecule has 1 N–H and O–H groups in total. The molecule has 0 amide bonds. The SMILES string of the molecule is OCC/C=C/C(F)(F)F. The first-order valence-corrected chi connectivity index (χ1v) is 2.41. The lowest BCUT2D eigenvalue weighted by molar-refractivity contribution is -0.0800. The first-order chi connectivity index (χ1) is 4.06. The lowest BCUT2D eigenvalue weighted by atomic mass is 10.4. The van der Waals surface area contributed by atoms with Gasteiger partial charge in [-0.2, -0.15) is 13.2 Å². The van der Waals surface area contributed by atoms with Crippen LogP contribution in [-0.4, -0.2) is 17.9 Å². The number of alkyl halides is 3. The van der Waals surface area contributed by atoms with Crippen LogP contribution >= 0.6 is 0 Å². The summed E-state index contributed by atoms with van der Waals surface area (Å²) in [6, 6.07) is 0. The minimum atomic E-state index is -4.24. The standard InChI is InChI=1S/C5H7F3O/c6-5(7,8)3-1-2-4-9/h1,3,9H,2,4H2/b3-1+. The first kappa shape index (κ1) is 8.49. The summed E-state index contributed by atoms with van der Waals surface area (Å²) in [5.74, 6) is 0. The van der Waals surface area contributed by atoms with Crippen molar-refractivity contribution in [2.75, 3.05) is 6.61 Å². The molecular weight excluding hydrogens is 133 g/mol. The molecule has 0 heterocycles. The van der Waals surface area contributed by atoms with Gasteiger partial charge in [0.1, 0.15) is 0 Å². The molecule has 54 valence electrons. The molecule has 0 saturated heterocycles. The van der Waals surface area contributed by atoms with Crippen LogP contribution in [0, 0.1) is 0 Å². The van der Waals surface area contributed by atoms with Gasteiger partial charge in [0.2, 0.25) is 0 Å². The molecule has 0 saturated carbocycles. The summed E-state index contributed by atoms with van der Waals surface area (Å²) in [5.41, 5.74) is 0. The van der Waals surface area contributed by atoms with Crippen molar-refractivity contribution >= 4 is 0 Å². The number of rotatable bonds is 2. The molecule has 4 heteroatoms. The summed E-state index contributed by atoms with van der Waals surface area (Å²) >= 11 is 0. The Kier molecular flexibility index (Phi) is 3.30. The van der Waals surface area contributed by atoms with Crippen LogP contribution in [0.4, 0.5) is 13.2 Å². The molecule has 0 rings (SSSR count). The van der Waals surface area contributed by atoms with Crippen LogP contribution in [0.2, 0.25) is 0 Å². The van der Waals surface area contributed by atoms with E-state index in [-0.39, 0.29) is 19.1 Å². The molecule has 0 aromatic heterocycles. The summed E-state index contributed by atoms with van der Waals surface area (Å²) in [6.07, 6.45) is -3.18. The Labute approximate surface area is 50.8 Å². The number of aliphatic hydroxyl groups excluding tert-OH is 1. The predicted molar refractivity (Wildman–Crippen MR) is 26.9 cm³/mol. The Balaban J connectivity index is 3.45. The van der Waals surface area contributed by atoms with Gasteiger partial charge in [-0.05, 0) is 6.42 Å². The maximum Gasteiger partial charge on any atom is 0.409 e. The highest BCUT2D eigenvalue weighted by Gasteiger charge is 2.21. The van der Waals surface area contributed by atoms with Crippen LogP contribution in [0.5, 0.6) is 0 Å². The summed E-state index contributed by atoms with van der Waals surface area (Å²) in [5, 5.41) is 8.04. The molecule has 0 spiro atoms. The quantitative estimate of drug-likeness (QED) is 0.576. The zero-order valence-corrected chi connectivity index (χ0v) is 4.65. The maximum absolute atomic E-state index is 11.2. The third-order valence-corrected chi connectivity index (χ3v) is 0.603. The summed E-state index contributed by atoms with van der Waals surface area (Å²) < 4.78 is 33.6. The lowest BCUT2D eigenvalue weighted by Crippen LogP contribution is -2.00. The van der Waals surface area contributed by atoms with Crippen LogP contribution < -0.4 is 0 Å². The van der Waals surface area contributed by atoms with E-state index in [9.17, 15) is 13.2 Å². The Morgan fingerprint density at radius 1 is 1.33 bits per heavy atom. The molecule has 0 unspecified atom stereocenters. The molecule has 0 aliphatic rings. The first-order valence-electron chi connectivity index (χ1n) is 2.41. The van der Waals surface area contributed by atoms with Gasteiger partial charge in [-0.15, -0.1) is 0 Å². The Hall–Kier alpha value is -0.510. The number of hydrogen-bond donors (Lipinski definition) is 1. The average Bonchev–Trinajstić information content (AvgIpc) is 1.63. The Morgan fingerprint density at radius 2 is 1.89 bits per heavy atom. The second kappa shape index (κ2) is 3.50. The Morgan fingerprint density at radius 3 is 2.22 bits per heavy atom. The molecule has 0 aromatic rings. The van der Waals surface area contributed by atoms with Gasteiger partial charge in [-0.1, -0.05) is 6.08 Å². The molecule has 0 bridgehead atoms. The van der Waals surface area contributed by atoms with Crippen LogP contribution in [-0.2, 0) is 0 Å². The monoisotopic (exact) mass is 140 g/mol. The highest BCUT2D eigenvalue weighted by Crippen LogP contribution is 2.15. The van der Waals surface area contributed by atoms with Crippen molar-refractivity contribution in [3.8, 4) is 0 Å². The second-order valence-corrected chi connectivity index (χ2v) is 1.46. The topological polar surface area (TPSA) is 20.2 Å². The number of allylic oxidation sites excluding steroid dienone is 1. The third-order valence-electron chi connectivity index (χ3n) is 0.603. The van der Waals surface area contributed by atoms with E-state index in [1.54, 1.807) is 0 Å². The van der Waals surface area contributed by atoms with Crippen molar-refractivity contribution in [1.82, 2.24) is 0 Å². The average molecular weight is 140 g/mol. The van der Waals surface area contributed by atoms with E-state index < -0.39 is 6.18 Å². The van der Waals surface area contributed by atoms with Crippen LogP contribution in [0.1, 0.15) is 6.42 Å². The lowest BCUT2D eigenvalue weighted by Gasteiger charge is -1.95. The fourth-order valence-electron chi connectivity index (χ4n) is 0.291. The fraction of sp³-hybridized carbons (Fsp3) is 0.600. The van der Waals surface area contributed by atoms with Gasteiger partial charge in [0.25, 0.3) is 0 Å². The molecule has 9 heavy (non-hydrogen) atoms. The predicted octanol–water partition coefficient (Wildman–Crippen LogP) is 1.49. The highest BCUT2D eigenvalue weighted by molar-refractivity contribution is 4.87. The zero-order chi connectivity index (χ0) is 7.33. The van der Waals surface area contributed by atoms with Crippen molar-refractivity contribution in [2.24, 2.45) is 0 Å². The molecule has 1 nitrogen and oxygen atoms in total. The molecule has 0 radical (unpaired) electrons. The minimum absolute atomic E-state index is 0.0551. The van der Waals surface area contributed by atoms with Crippen molar-refractivity contribution in [2.45, 2.75) is 12.6 Å². The molecule has 0 aromatic carbocycles. The fourth-order valence-corrected chi connectivity index (χ4v) is 0.291.